The van der Waals surface area contributed by atoms with E-state index in [1.54, 1.807) is 0 Å². The predicted molar refractivity (Wildman–Crippen MR) is 214 cm³/mol. The smallest absolute Gasteiger partial charge is 0.0681 e. The lowest BCUT2D eigenvalue weighted by Crippen LogP contribution is -2.62. The molecule has 9 rings (SSSR count). The molecule has 9 fully saturated rings. The van der Waals surface area contributed by atoms with Crippen LogP contribution in [-0.2, 0) is 0 Å². The quantitative estimate of drug-likeness (QED) is 0.160. The first-order valence-corrected chi connectivity index (χ1v) is 23.8. The Morgan fingerprint density at radius 1 is 0.320 bits per heavy atom. The maximum atomic E-state index is 7.33. The molecule has 5 heterocycles. The van der Waals surface area contributed by atoms with Crippen LogP contribution in [0, 0.1) is 47.3 Å². The number of hydrogen-bond donors (Lipinski definition) is 8. The largest absolute Gasteiger partial charge is 0.286 e. The van der Waals surface area contributed by atoms with Crippen molar-refractivity contribution in [2.75, 3.05) is 0 Å². The Balaban J connectivity index is 1.11. The summed E-state index contributed by atoms with van der Waals surface area (Å²) in [5.74, 6) is 1.32. The third-order valence-corrected chi connectivity index (χ3v) is 22.5. The van der Waals surface area contributed by atoms with Gasteiger partial charge >= 0.3 is 0 Å². The molecule has 5 saturated heterocycles. The van der Waals surface area contributed by atoms with Crippen molar-refractivity contribution < 1.29 is 0 Å². The van der Waals surface area contributed by atoms with Gasteiger partial charge < -0.3 is 0 Å². The van der Waals surface area contributed by atoms with E-state index in [1.165, 1.54) is 25.7 Å². The van der Waals surface area contributed by atoms with Crippen LogP contribution >= 0.6 is 125 Å². The number of hydrogen-bond acceptors (Lipinski definition) is 8. The first-order valence-electron chi connectivity index (χ1n) is 18.4. The highest BCUT2D eigenvalue weighted by atomic mass is 79.9. The van der Waals surface area contributed by atoms with E-state index in [4.69, 9.17) is 92.8 Å². The highest BCUT2D eigenvalue weighted by Crippen LogP contribution is 2.52. The van der Waals surface area contributed by atoms with Crippen molar-refractivity contribution in [3.63, 3.8) is 0 Å². The third-order valence-electron chi connectivity index (χ3n) is 14.1. The summed E-state index contributed by atoms with van der Waals surface area (Å²) in [6.45, 7) is 0. The van der Waals surface area contributed by atoms with E-state index in [-0.39, 0.29) is 110 Å². The summed E-state index contributed by atoms with van der Waals surface area (Å²) < 4.78 is 0. The second-order valence-electron chi connectivity index (χ2n) is 16.4. The van der Waals surface area contributed by atoms with Crippen LogP contribution in [0.2, 0.25) is 0 Å². The van der Waals surface area contributed by atoms with Crippen LogP contribution in [-0.4, -0.2) is 102 Å². The Kier molecular flexibility index (Phi) is 11.5. The van der Waals surface area contributed by atoms with E-state index in [2.05, 4.69) is 74.4 Å². The predicted octanol–water partition coefficient (Wildman–Crippen LogP) is 5.09. The van der Waals surface area contributed by atoms with Gasteiger partial charge in [-0.25, -0.2) is 0 Å². The van der Waals surface area contributed by atoms with Crippen molar-refractivity contribution in [3.8, 4) is 0 Å². The second-order valence-corrected chi connectivity index (χ2v) is 22.6. The standard InChI is InChI=1S/C32H46Br2Cl8N8/c33-16-12-13(19(37)22(40)17(16)34)30-48-29(12)45-26-8-4-2-1-3-7(8)25(43-26)44-27-9-5-6-10(35)18(36)11(9)28(46-27)47-31-14-15(32(49-30)50-31)21(39)24(42)23(41)20(14)38/h7-32,43-50H,1-6H2. The summed E-state index contributed by atoms with van der Waals surface area (Å²) in [7, 11) is 0. The van der Waals surface area contributed by atoms with Gasteiger partial charge in [0, 0.05) is 39.2 Å². The minimum atomic E-state index is -0.501. The lowest BCUT2D eigenvalue weighted by molar-refractivity contribution is 0.176. The van der Waals surface area contributed by atoms with Gasteiger partial charge in [0.1, 0.15) is 0 Å². The Bertz CT molecular complexity index is 1270. The molecule has 18 heteroatoms. The van der Waals surface area contributed by atoms with Crippen LogP contribution in [0.25, 0.3) is 0 Å². The fourth-order valence-electron chi connectivity index (χ4n) is 11.8. The van der Waals surface area contributed by atoms with E-state index in [9.17, 15) is 0 Å². The molecule has 50 heavy (non-hydrogen) atoms. The minimum absolute atomic E-state index is 0.00494. The van der Waals surface area contributed by atoms with E-state index < -0.39 is 21.5 Å². The molecule has 0 aromatic heterocycles. The van der Waals surface area contributed by atoms with Crippen molar-refractivity contribution in [2.24, 2.45) is 47.3 Å². The van der Waals surface area contributed by atoms with Crippen LogP contribution in [0.5, 0.6) is 0 Å². The monoisotopic (exact) mass is 980 g/mol. The van der Waals surface area contributed by atoms with E-state index >= 15 is 0 Å². The molecule has 0 aromatic carbocycles. The number of nitrogens with one attached hydrogen (secondary N) is 8. The minimum Gasteiger partial charge on any atom is -0.286 e. The number of rotatable bonds is 0. The van der Waals surface area contributed by atoms with Crippen LogP contribution < -0.4 is 42.5 Å². The average molecular weight is 986 g/mol. The van der Waals surface area contributed by atoms with Gasteiger partial charge in [-0.2, -0.15) is 0 Å². The molecule has 0 aromatic rings. The van der Waals surface area contributed by atoms with Crippen LogP contribution in [0.3, 0.4) is 0 Å². The number of alkyl halides is 10. The van der Waals surface area contributed by atoms with Gasteiger partial charge in [-0.15, -0.1) is 92.8 Å². The molecule has 26 atom stereocenters. The van der Waals surface area contributed by atoms with Crippen molar-refractivity contribution in [3.05, 3.63) is 0 Å². The lowest BCUT2D eigenvalue weighted by Gasteiger charge is -2.45. The molecule has 9 aliphatic rings. The Hall–Kier alpha value is 2.96. The SMILES string of the molecule is ClC1CCC2C3NC4NC(NC5NC(NC6NC(NC(N3)C2C1Cl)C1C(Cl)C(Cl)C(Cl)C(Cl)C61)C1C(Cl)C(Cl)C(Br)C(Br)C51)C1CCCCC41. The van der Waals surface area contributed by atoms with E-state index in [0.717, 1.165) is 12.8 Å². The van der Waals surface area contributed by atoms with Crippen molar-refractivity contribution >= 4 is 125 Å². The zero-order valence-corrected chi connectivity index (χ0v) is 36.3. The highest BCUT2D eigenvalue weighted by molar-refractivity contribution is 9.12. The molecule has 284 valence electrons. The molecule has 0 spiro atoms. The van der Waals surface area contributed by atoms with Gasteiger partial charge in [0.2, 0.25) is 0 Å². The summed E-state index contributed by atoms with van der Waals surface area (Å²) in [6.07, 6.45) is 6.32. The fraction of sp³-hybridized carbons (Fsp3) is 1.00. The summed E-state index contributed by atoms with van der Waals surface area (Å²) in [5.41, 5.74) is 0. The maximum Gasteiger partial charge on any atom is 0.0681 e. The molecule has 8 N–H and O–H groups in total. The van der Waals surface area contributed by atoms with Gasteiger partial charge in [0.25, 0.3) is 0 Å². The molecule has 26 unspecified atom stereocenters. The van der Waals surface area contributed by atoms with Crippen molar-refractivity contribution in [2.45, 2.75) is 141 Å². The molecule has 0 amide bonds. The van der Waals surface area contributed by atoms with Crippen LogP contribution in [0.4, 0.5) is 0 Å². The fourth-order valence-corrected chi connectivity index (χ4v) is 17.1. The maximum absolute atomic E-state index is 7.33. The van der Waals surface area contributed by atoms with Gasteiger partial charge in [-0.05, 0) is 43.4 Å². The number of halogens is 10. The van der Waals surface area contributed by atoms with Gasteiger partial charge in [-0.3, -0.25) is 42.5 Å². The van der Waals surface area contributed by atoms with Gasteiger partial charge in [0.15, 0.2) is 0 Å². The average Bonchev–Trinajstić information content (AvgIpc) is 3.84. The summed E-state index contributed by atoms with van der Waals surface area (Å²) >= 11 is 64.9. The normalized spacial score (nSPS) is 63.5. The van der Waals surface area contributed by atoms with Gasteiger partial charge in [-0.1, -0.05) is 44.7 Å². The molecule has 0 radical (unpaired) electrons. The lowest BCUT2D eigenvalue weighted by atomic mass is 9.75. The van der Waals surface area contributed by atoms with Crippen molar-refractivity contribution in [1.82, 2.24) is 42.5 Å². The topological polar surface area (TPSA) is 96.2 Å². The molecule has 4 aliphatic carbocycles. The Morgan fingerprint density at radius 2 is 0.700 bits per heavy atom. The van der Waals surface area contributed by atoms with Crippen LogP contribution in [0.15, 0.2) is 0 Å². The molecular formula is C32H46Br2Cl8N8. The molecule has 8 bridgehead atoms. The molecule has 5 aliphatic heterocycles. The first kappa shape index (κ1) is 38.5. The van der Waals surface area contributed by atoms with E-state index in [1.807, 2.05) is 0 Å². The summed E-state index contributed by atoms with van der Waals surface area (Å²) in [5, 5.41) is 29.4. The Labute approximate surface area is 352 Å². The molecular weight excluding hydrogens is 940 g/mol. The first-order chi connectivity index (χ1) is 23.9. The van der Waals surface area contributed by atoms with Crippen LogP contribution in [0.1, 0.15) is 38.5 Å². The summed E-state index contributed by atoms with van der Waals surface area (Å²) in [4.78, 5) is 0.0934. The third kappa shape index (κ3) is 6.22. The van der Waals surface area contributed by atoms with Gasteiger partial charge in [0.05, 0.1) is 92.3 Å². The summed E-state index contributed by atoms with van der Waals surface area (Å²) in [6, 6.07) is 0. The van der Waals surface area contributed by atoms with Crippen molar-refractivity contribution in [1.29, 1.82) is 0 Å². The molecule has 4 saturated carbocycles. The highest BCUT2D eigenvalue weighted by Gasteiger charge is 2.63. The second kappa shape index (κ2) is 15.0. The van der Waals surface area contributed by atoms with E-state index in [0.29, 0.717) is 17.8 Å². The zero-order valence-electron chi connectivity index (χ0n) is 27.0. The molecule has 8 nitrogen and oxygen atoms in total. The Morgan fingerprint density at radius 3 is 1.22 bits per heavy atom. The zero-order chi connectivity index (χ0) is 34.9. The number of fused-ring (bicyclic) bond motifs is 20.